The maximum Gasteiger partial charge on any atom is 1.00 e. The van der Waals surface area contributed by atoms with Crippen molar-refractivity contribution in [3.05, 3.63) is 12.5 Å². The summed E-state index contributed by atoms with van der Waals surface area (Å²) in [7, 11) is 0. The molecule has 0 radical (unpaired) electrons. The smallest absolute Gasteiger partial charge is 0.877 e. The molecule has 0 aromatic heterocycles. The topological polar surface area (TPSA) is 35.4 Å². The Morgan fingerprint density at radius 2 is 2.17 bits per heavy atom. The summed E-state index contributed by atoms with van der Waals surface area (Å²) in [5.41, 5.74) is 0. The number of aliphatic imine (C=N–C) groups is 1. The van der Waals surface area contributed by atoms with Crippen LogP contribution >= 0.6 is 0 Å². The zero-order chi connectivity index (χ0) is 4.12. The van der Waals surface area contributed by atoms with Crippen LogP contribution in [-0.2, 0) is 0 Å². The third-order valence-corrected chi connectivity index (χ3v) is 0.166. The van der Waals surface area contributed by atoms with Gasteiger partial charge in [-0.1, -0.05) is 0 Å². The fraction of sp³-hybridized carbons (Fsp3) is 0. The SMILES string of the molecule is C=N/C=C/[O-].[Li+]. The van der Waals surface area contributed by atoms with E-state index >= 15 is 0 Å². The molecular weight excluding hydrogens is 73.0 g/mol. The Balaban J connectivity index is 0. The standard InChI is InChI=1S/C3H5NO.Li/c1-4-2-3-5;/h2-3,5H,1H2;/q;+1/p-1/b3-2+;. The molecule has 2 nitrogen and oxygen atoms in total. The summed E-state index contributed by atoms with van der Waals surface area (Å²) in [6, 6.07) is 0. The molecule has 0 aliphatic rings. The van der Waals surface area contributed by atoms with Gasteiger partial charge >= 0.3 is 18.9 Å². The van der Waals surface area contributed by atoms with Gasteiger partial charge in [0.25, 0.3) is 0 Å². The summed E-state index contributed by atoms with van der Waals surface area (Å²) in [4.78, 5) is 3.11. The van der Waals surface area contributed by atoms with Gasteiger partial charge in [-0.2, -0.15) is 0 Å². The van der Waals surface area contributed by atoms with Crippen LogP contribution in [0.25, 0.3) is 0 Å². The Morgan fingerprint density at radius 3 is 2.17 bits per heavy atom. The molecule has 0 aromatic rings. The zero-order valence-corrected chi connectivity index (χ0v) is 3.72. The third kappa shape index (κ3) is 9.19. The molecule has 0 rings (SSSR count). The zero-order valence-electron chi connectivity index (χ0n) is 3.72. The fourth-order valence-electron chi connectivity index (χ4n) is 0.0430. The van der Waals surface area contributed by atoms with Crippen molar-refractivity contribution in [1.82, 2.24) is 0 Å². The number of rotatable bonds is 1. The second-order valence-electron chi connectivity index (χ2n) is 0.468. The molecule has 0 unspecified atom stereocenters. The van der Waals surface area contributed by atoms with Crippen molar-refractivity contribution in [2.45, 2.75) is 0 Å². The third-order valence-electron chi connectivity index (χ3n) is 0.166. The minimum absolute atomic E-state index is 0. The van der Waals surface area contributed by atoms with Crippen molar-refractivity contribution in [2.24, 2.45) is 4.99 Å². The molecule has 0 spiro atoms. The van der Waals surface area contributed by atoms with E-state index in [0.717, 1.165) is 6.20 Å². The van der Waals surface area contributed by atoms with Crippen molar-refractivity contribution in [3.63, 3.8) is 0 Å². The summed E-state index contributed by atoms with van der Waals surface area (Å²) in [5, 5.41) is 9.22. The van der Waals surface area contributed by atoms with E-state index in [9.17, 15) is 5.11 Å². The molecular formula is C3H4LiNO. The summed E-state index contributed by atoms with van der Waals surface area (Å²) >= 11 is 0. The van der Waals surface area contributed by atoms with Crippen molar-refractivity contribution in [2.75, 3.05) is 0 Å². The van der Waals surface area contributed by atoms with Gasteiger partial charge in [0, 0.05) is 6.20 Å². The molecule has 0 saturated heterocycles. The summed E-state index contributed by atoms with van der Waals surface area (Å²) < 4.78 is 0. The van der Waals surface area contributed by atoms with Crippen LogP contribution in [0, 0.1) is 0 Å². The van der Waals surface area contributed by atoms with Crippen LogP contribution in [0.1, 0.15) is 0 Å². The normalized spacial score (nSPS) is 7.33. The predicted octanol–water partition coefficient (Wildman–Crippen LogP) is -3.48. The Bertz CT molecular complexity index is 52.8. The second kappa shape index (κ2) is 8.84. The van der Waals surface area contributed by atoms with Crippen LogP contribution in [-0.4, -0.2) is 6.72 Å². The quantitative estimate of drug-likeness (QED) is 0.182. The fourth-order valence-corrected chi connectivity index (χ4v) is 0.0430. The number of hydrogen-bond acceptors (Lipinski definition) is 2. The first-order chi connectivity index (χ1) is 2.41. The van der Waals surface area contributed by atoms with Gasteiger partial charge in [0.2, 0.25) is 0 Å². The molecule has 28 valence electrons. The van der Waals surface area contributed by atoms with Crippen LogP contribution in [0.15, 0.2) is 17.5 Å². The van der Waals surface area contributed by atoms with E-state index in [1.54, 1.807) is 0 Å². The molecule has 0 aromatic carbocycles. The van der Waals surface area contributed by atoms with Gasteiger partial charge in [0.1, 0.15) is 0 Å². The first-order valence-corrected chi connectivity index (χ1v) is 1.14. The van der Waals surface area contributed by atoms with Crippen LogP contribution in [0.3, 0.4) is 0 Å². The van der Waals surface area contributed by atoms with Crippen LogP contribution in [0.4, 0.5) is 0 Å². The average molecular weight is 77.0 g/mol. The monoisotopic (exact) mass is 77.0 g/mol. The van der Waals surface area contributed by atoms with E-state index in [4.69, 9.17) is 0 Å². The molecule has 0 saturated carbocycles. The van der Waals surface area contributed by atoms with E-state index in [0.29, 0.717) is 6.26 Å². The molecule has 6 heavy (non-hydrogen) atoms. The van der Waals surface area contributed by atoms with Gasteiger partial charge in [0.15, 0.2) is 0 Å². The van der Waals surface area contributed by atoms with Crippen LogP contribution in [0.2, 0.25) is 0 Å². The summed E-state index contributed by atoms with van der Waals surface area (Å²) in [6.45, 7) is 3.01. The molecule has 0 aliphatic heterocycles. The van der Waals surface area contributed by atoms with Crippen molar-refractivity contribution < 1.29 is 24.0 Å². The Hall–Kier alpha value is -0.193. The van der Waals surface area contributed by atoms with Gasteiger partial charge < -0.3 is 5.11 Å². The first kappa shape index (κ1) is 9.26. The van der Waals surface area contributed by atoms with Crippen molar-refractivity contribution in [3.8, 4) is 0 Å². The molecule has 0 N–H and O–H groups in total. The molecule has 0 bridgehead atoms. The maximum absolute atomic E-state index is 9.22. The van der Waals surface area contributed by atoms with Crippen molar-refractivity contribution >= 4 is 6.72 Å². The van der Waals surface area contributed by atoms with E-state index in [1.807, 2.05) is 0 Å². The molecule has 0 heterocycles. The predicted molar refractivity (Wildman–Crippen MR) is 18.7 cm³/mol. The summed E-state index contributed by atoms with van der Waals surface area (Å²) in [6.07, 6.45) is 1.66. The summed E-state index contributed by atoms with van der Waals surface area (Å²) in [5.74, 6) is 0. The Labute approximate surface area is 48.8 Å². The van der Waals surface area contributed by atoms with E-state index in [-0.39, 0.29) is 18.9 Å². The first-order valence-electron chi connectivity index (χ1n) is 1.14. The van der Waals surface area contributed by atoms with Crippen molar-refractivity contribution in [1.29, 1.82) is 0 Å². The molecule has 0 aliphatic carbocycles. The maximum atomic E-state index is 9.22. The van der Waals surface area contributed by atoms with Gasteiger partial charge in [-0.15, -0.1) is 6.26 Å². The minimum atomic E-state index is 0. The molecule has 0 amide bonds. The minimum Gasteiger partial charge on any atom is -0.877 e. The molecule has 3 heteroatoms. The van der Waals surface area contributed by atoms with Gasteiger partial charge in [-0.05, 0) is 6.72 Å². The molecule has 0 fully saturated rings. The van der Waals surface area contributed by atoms with Gasteiger partial charge in [0.05, 0.1) is 0 Å². The van der Waals surface area contributed by atoms with E-state index in [1.165, 1.54) is 0 Å². The van der Waals surface area contributed by atoms with E-state index < -0.39 is 0 Å². The van der Waals surface area contributed by atoms with E-state index in [2.05, 4.69) is 11.7 Å². The Morgan fingerprint density at radius 1 is 1.67 bits per heavy atom. The number of nitrogens with zero attached hydrogens (tertiary/aromatic N) is 1. The second-order valence-corrected chi connectivity index (χ2v) is 0.468. The van der Waals surface area contributed by atoms with Gasteiger partial charge in [-0.25, -0.2) is 0 Å². The van der Waals surface area contributed by atoms with Crippen LogP contribution < -0.4 is 24.0 Å². The largest absolute Gasteiger partial charge is 1.00 e. The average Bonchev–Trinajstić information content (AvgIpc) is 1.41. The van der Waals surface area contributed by atoms with Crippen LogP contribution in [0.5, 0.6) is 0 Å². The Kier molecular flexibility index (Phi) is 13.6. The number of hydrogen-bond donors (Lipinski definition) is 0. The molecule has 0 atom stereocenters. The van der Waals surface area contributed by atoms with Gasteiger partial charge in [-0.3, -0.25) is 4.99 Å².